The van der Waals surface area contributed by atoms with Crippen LogP contribution in [0.3, 0.4) is 0 Å². The number of nitriles is 1. The van der Waals surface area contributed by atoms with Crippen molar-refractivity contribution in [2.75, 3.05) is 5.32 Å². The number of aromatic hydroxyl groups is 1. The molecule has 0 saturated heterocycles. The molecular weight excluding hydrogens is 464 g/mol. The van der Waals surface area contributed by atoms with E-state index >= 15 is 0 Å². The zero-order chi connectivity index (χ0) is 24.8. The second-order valence-corrected chi connectivity index (χ2v) is 8.08. The predicted octanol–water partition coefficient (Wildman–Crippen LogP) is 5.02. The van der Waals surface area contributed by atoms with Gasteiger partial charge < -0.3 is 10.4 Å². The van der Waals surface area contributed by atoms with Crippen LogP contribution < -0.4 is 10.7 Å². The van der Waals surface area contributed by atoms with Crippen molar-refractivity contribution < 1.29 is 14.7 Å². The van der Waals surface area contributed by atoms with Gasteiger partial charge in [-0.1, -0.05) is 54.1 Å². The number of phenolic OH excluding ortho intramolecular Hbond substituents is 1. The van der Waals surface area contributed by atoms with Gasteiger partial charge in [-0.25, -0.2) is 5.43 Å². The standard InChI is InChI=1S/C27H19ClN4O3/c28-21-9-5-17(6-10-21)13-26(34)31-24-11-7-19(22-3-1-2-4-23(22)24)16-30-32-27(35)18-8-12-25(33)20(14-18)15-29/h1-12,14,16,33H,13H2,(H,31,34)(H,32,35)/b30-16+. The highest BCUT2D eigenvalue weighted by Gasteiger charge is 2.10. The first-order chi connectivity index (χ1) is 16.9. The summed E-state index contributed by atoms with van der Waals surface area (Å²) in [5.41, 5.74) is 4.87. The molecule has 0 saturated carbocycles. The third kappa shape index (κ3) is 5.64. The maximum Gasteiger partial charge on any atom is 0.271 e. The molecule has 4 aromatic rings. The normalized spacial score (nSPS) is 10.7. The quantitative estimate of drug-likeness (QED) is 0.264. The summed E-state index contributed by atoms with van der Waals surface area (Å²) < 4.78 is 0. The number of rotatable bonds is 6. The lowest BCUT2D eigenvalue weighted by Crippen LogP contribution is -2.17. The van der Waals surface area contributed by atoms with Crippen LogP contribution in [0.25, 0.3) is 10.8 Å². The first-order valence-electron chi connectivity index (χ1n) is 10.6. The Morgan fingerprint density at radius 2 is 1.74 bits per heavy atom. The number of nitrogens with one attached hydrogen (secondary N) is 2. The van der Waals surface area contributed by atoms with Crippen LogP contribution >= 0.6 is 11.6 Å². The molecule has 0 fully saturated rings. The van der Waals surface area contributed by atoms with Gasteiger partial charge >= 0.3 is 0 Å². The number of hydrogen-bond acceptors (Lipinski definition) is 5. The monoisotopic (exact) mass is 482 g/mol. The van der Waals surface area contributed by atoms with Crippen LogP contribution in [-0.4, -0.2) is 23.1 Å². The molecule has 0 unspecified atom stereocenters. The lowest BCUT2D eigenvalue weighted by atomic mass is 10.0. The summed E-state index contributed by atoms with van der Waals surface area (Å²) in [6.07, 6.45) is 1.72. The Hall–Kier alpha value is -4.67. The lowest BCUT2D eigenvalue weighted by Gasteiger charge is -2.11. The Morgan fingerprint density at radius 1 is 1.00 bits per heavy atom. The summed E-state index contributed by atoms with van der Waals surface area (Å²) >= 11 is 5.91. The first-order valence-corrected chi connectivity index (χ1v) is 10.9. The van der Waals surface area contributed by atoms with Crippen LogP contribution in [0.5, 0.6) is 5.75 Å². The largest absolute Gasteiger partial charge is 0.507 e. The maximum atomic E-state index is 12.6. The molecule has 0 spiro atoms. The van der Waals surface area contributed by atoms with Crippen molar-refractivity contribution in [1.82, 2.24) is 5.43 Å². The van der Waals surface area contributed by atoms with Gasteiger partial charge in [0.15, 0.2) is 0 Å². The fraction of sp³-hybridized carbons (Fsp3) is 0.0370. The predicted molar refractivity (Wildman–Crippen MR) is 136 cm³/mol. The van der Waals surface area contributed by atoms with E-state index in [0.717, 1.165) is 21.9 Å². The molecular formula is C27H19ClN4O3. The molecule has 0 heterocycles. The molecule has 7 nitrogen and oxygen atoms in total. The van der Waals surface area contributed by atoms with Crippen LogP contribution in [0.1, 0.15) is 27.0 Å². The number of benzene rings is 4. The number of hydrazone groups is 1. The molecule has 3 N–H and O–H groups in total. The highest BCUT2D eigenvalue weighted by molar-refractivity contribution is 6.30. The number of hydrogen-bond donors (Lipinski definition) is 3. The topological polar surface area (TPSA) is 115 Å². The highest BCUT2D eigenvalue weighted by Crippen LogP contribution is 2.26. The van der Waals surface area contributed by atoms with E-state index in [4.69, 9.17) is 16.9 Å². The molecule has 0 aliphatic heterocycles. The number of halogens is 1. The SMILES string of the molecule is N#Cc1cc(C(=O)N/N=C/c2ccc(NC(=O)Cc3ccc(Cl)cc3)c3ccccc23)ccc1O. The molecule has 172 valence electrons. The van der Waals surface area contributed by atoms with Gasteiger partial charge in [-0.2, -0.15) is 10.4 Å². The van der Waals surface area contributed by atoms with Crippen molar-refractivity contribution >= 4 is 46.1 Å². The summed E-state index contributed by atoms with van der Waals surface area (Å²) in [6, 6.07) is 24.0. The molecule has 0 aliphatic rings. The molecule has 0 aliphatic carbocycles. The van der Waals surface area contributed by atoms with Gasteiger partial charge in [0, 0.05) is 27.2 Å². The lowest BCUT2D eigenvalue weighted by molar-refractivity contribution is -0.115. The molecule has 0 aromatic heterocycles. The molecule has 0 atom stereocenters. The summed E-state index contributed by atoms with van der Waals surface area (Å²) in [5.74, 6) is -0.871. The van der Waals surface area contributed by atoms with E-state index in [9.17, 15) is 14.7 Å². The van der Waals surface area contributed by atoms with Crippen LogP contribution in [0.2, 0.25) is 5.02 Å². The number of amides is 2. The van der Waals surface area contributed by atoms with E-state index < -0.39 is 5.91 Å². The average Bonchev–Trinajstić information content (AvgIpc) is 2.87. The summed E-state index contributed by atoms with van der Waals surface area (Å²) in [5, 5.41) is 27.9. The van der Waals surface area contributed by atoms with Gasteiger partial charge in [-0.05, 0) is 47.3 Å². The number of carbonyl (C=O) groups is 2. The number of phenols is 1. The number of carbonyl (C=O) groups excluding carboxylic acids is 2. The van der Waals surface area contributed by atoms with Crippen LogP contribution in [0.15, 0.2) is 84.0 Å². The van der Waals surface area contributed by atoms with Gasteiger partial charge in [-0.3, -0.25) is 9.59 Å². The zero-order valence-electron chi connectivity index (χ0n) is 18.3. The first kappa shape index (κ1) is 23.5. The van der Waals surface area contributed by atoms with Gasteiger partial charge in [0.2, 0.25) is 5.91 Å². The second kappa shape index (κ2) is 10.5. The molecule has 0 bridgehead atoms. The average molecular weight is 483 g/mol. The Kier molecular flexibility index (Phi) is 7.05. The summed E-state index contributed by atoms with van der Waals surface area (Å²) in [7, 11) is 0. The second-order valence-electron chi connectivity index (χ2n) is 7.64. The summed E-state index contributed by atoms with van der Waals surface area (Å²) in [4.78, 5) is 24.9. The Bertz CT molecular complexity index is 1490. The fourth-order valence-corrected chi connectivity index (χ4v) is 3.64. The van der Waals surface area contributed by atoms with E-state index in [1.165, 1.54) is 24.4 Å². The van der Waals surface area contributed by atoms with Crippen molar-refractivity contribution in [3.05, 3.63) is 106 Å². The van der Waals surface area contributed by atoms with Gasteiger partial charge in [0.05, 0.1) is 18.2 Å². The van der Waals surface area contributed by atoms with Crippen molar-refractivity contribution in [2.24, 2.45) is 5.10 Å². The minimum atomic E-state index is -0.520. The van der Waals surface area contributed by atoms with E-state index in [2.05, 4.69) is 15.8 Å². The van der Waals surface area contributed by atoms with Crippen LogP contribution in [0, 0.1) is 11.3 Å². The van der Waals surface area contributed by atoms with Gasteiger partial charge in [-0.15, -0.1) is 0 Å². The number of nitrogens with zero attached hydrogens (tertiary/aromatic N) is 2. The van der Waals surface area contributed by atoms with Gasteiger partial charge in [0.1, 0.15) is 11.8 Å². The van der Waals surface area contributed by atoms with E-state index in [1.54, 1.807) is 24.3 Å². The Balaban J connectivity index is 1.50. The fourth-order valence-electron chi connectivity index (χ4n) is 3.52. The van der Waals surface area contributed by atoms with E-state index in [-0.39, 0.29) is 29.2 Å². The highest BCUT2D eigenvalue weighted by atomic mass is 35.5. The van der Waals surface area contributed by atoms with Crippen molar-refractivity contribution in [1.29, 1.82) is 5.26 Å². The molecule has 4 rings (SSSR count). The smallest absolute Gasteiger partial charge is 0.271 e. The van der Waals surface area contributed by atoms with Crippen molar-refractivity contribution in [3.63, 3.8) is 0 Å². The number of anilines is 1. The molecule has 35 heavy (non-hydrogen) atoms. The molecule has 8 heteroatoms. The van der Waals surface area contributed by atoms with Crippen molar-refractivity contribution in [3.8, 4) is 11.8 Å². The van der Waals surface area contributed by atoms with Crippen LogP contribution in [0.4, 0.5) is 5.69 Å². The maximum absolute atomic E-state index is 12.6. The molecule has 0 radical (unpaired) electrons. The Labute approximate surface area is 206 Å². The third-order valence-electron chi connectivity index (χ3n) is 5.26. The summed E-state index contributed by atoms with van der Waals surface area (Å²) in [6.45, 7) is 0. The van der Waals surface area contributed by atoms with E-state index in [1.807, 2.05) is 42.5 Å². The molecule has 4 aromatic carbocycles. The minimum Gasteiger partial charge on any atom is -0.507 e. The number of fused-ring (bicyclic) bond motifs is 1. The third-order valence-corrected chi connectivity index (χ3v) is 5.51. The Morgan fingerprint density at radius 3 is 2.49 bits per heavy atom. The minimum absolute atomic E-state index is 0.00122. The van der Waals surface area contributed by atoms with Gasteiger partial charge in [0.25, 0.3) is 5.91 Å². The van der Waals surface area contributed by atoms with Crippen LogP contribution in [-0.2, 0) is 11.2 Å². The molecule has 2 amide bonds. The van der Waals surface area contributed by atoms with E-state index in [0.29, 0.717) is 10.7 Å². The zero-order valence-corrected chi connectivity index (χ0v) is 19.1. The van der Waals surface area contributed by atoms with Crippen molar-refractivity contribution in [2.45, 2.75) is 6.42 Å².